The standard InChI is InChI=1S/C49H48ClF2N9O8/c50-31-9-12-33-35(25-31)45(43-37(51)4-2-5-38(43)52)55-26-30-27-56-49(60-44(30)33)57-32-10-7-29(8-11-32)46(64)54-18-20-68-22-24-69-23-21-67-19-17-53-16-15-42(63)58-39-6-1-3-34-36(39)28-61(48(34)66)40-13-14-41(62)59-47(40)65/h1-12,25,27,40,53H,13-24,26,28H2,(H,54,64)(H,58,63)(H,56,57,60)(H,59,62,65). The Kier molecular flexibility index (Phi) is 16.0. The second kappa shape index (κ2) is 22.8. The molecule has 3 aliphatic rings. The normalized spacial score (nSPS) is 15.1. The highest BCUT2D eigenvalue weighted by Crippen LogP contribution is 2.35. The van der Waals surface area contributed by atoms with E-state index in [0.717, 1.165) is 0 Å². The van der Waals surface area contributed by atoms with E-state index in [4.69, 9.17) is 30.8 Å². The molecule has 4 aromatic carbocycles. The lowest BCUT2D eigenvalue weighted by molar-refractivity contribution is -0.137. The molecule has 17 nitrogen and oxygen atoms in total. The van der Waals surface area contributed by atoms with Gasteiger partial charge in [-0.25, -0.2) is 18.7 Å². The molecule has 0 spiro atoms. The quantitative estimate of drug-likeness (QED) is 0.0467. The van der Waals surface area contributed by atoms with Crippen molar-refractivity contribution in [2.24, 2.45) is 4.99 Å². The smallest absolute Gasteiger partial charge is 0.255 e. The molecule has 0 aliphatic carbocycles. The molecule has 20 heteroatoms. The van der Waals surface area contributed by atoms with Crippen LogP contribution in [0.25, 0.3) is 11.3 Å². The highest BCUT2D eigenvalue weighted by molar-refractivity contribution is 6.31. The lowest BCUT2D eigenvalue weighted by Gasteiger charge is -2.29. The zero-order valence-corrected chi connectivity index (χ0v) is 38.0. The van der Waals surface area contributed by atoms with Gasteiger partial charge in [-0.1, -0.05) is 29.8 Å². The molecule has 5 aromatic rings. The Labute approximate surface area is 400 Å². The molecule has 3 aliphatic heterocycles. The molecule has 69 heavy (non-hydrogen) atoms. The van der Waals surface area contributed by atoms with Crippen LogP contribution in [0.3, 0.4) is 0 Å². The van der Waals surface area contributed by atoms with Crippen molar-refractivity contribution >= 4 is 64.2 Å². The minimum atomic E-state index is -0.741. The largest absolute Gasteiger partial charge is 0.378 e. The Morgan fingerprint density at radius 2 is 1.55 bits per heavy atom. The Balaban J connectivity index is 0.666. The predicted octanol–water partition coefficient (Wildman–Crippen LogP) is 5.33. The summed E-state index contributed by atoms with van der Waals surface area (Å²) in [5.41, 5.74) is 4.76. The van der Waals surface area contributed by atoms with Gasteiger partial charge in [0.05, 0.1) is 63.2 Å². The number of imide groups is 1. The van der Waals surface area contributed by atoms with Crippen molar-refractivity contribution < 1.29 is 47.0 Å². The van der Waals surface area contributed by atoms with Crippen LogP contribution in [0.4, 0.5) is 26.1 Å². The van der Waals surface area contributed by atoms with E-state index in [9.17, 15) is 32.8 Å². The summed E-state index contributed by atoms with van der Waals surface area (Å²) < 4.78 is 46.5. The second-order valence-corrected chi connectivity index (χ2v) is 16.5. The number of benzene rings is 4. The van der Waals surface area contributed by atoms with Gasteiger partial charge in [-0.05, 0) is 67.1 Å². The summed E-state index contributed by atoms with van der Waals surface area (Å²) in [6.45, 7) is 3.63. The third-order valence-corrected chi connectivity index (χ3v) is 11.7. The molecule has 4 heterocycles. The van der Waals surface area contributed by atoms with E-state index in [0.29, 0.717) is 108 Å². The molecule has 0 bridgehead atoms. The van der Waals surface area contributed by atoms with Crippen molar-refractivity contribution in [3.63, 3.8) is 0 Å². The lowest BCUT2D eigenvalue weighted by Crippen LogP contribution is -2.52. The number of carbonyl (C=O) groups is 5. The average Bonchev–Trinajstić information content (AvgIpc) is 3.59. The molecule has 358 valence electrons. The van der Waals surface area contributed by atoms with Gasteiger partial charge in [-0.2, -0.15) is 0 Å². The van der Waals surface area contributed by atoms with E-state index in [1.807, 2.05) is 0 Å². The molecule has 5 N–H and O–H groups in total. The highest BCUT2D eigenvalue weighted by Gasteiger charge is 2.40. The fraction of sp³-hybridized carbons (Fsp3) is 0.306. The van der Waals surface area contributed by atoms with Crippen molar-refractivity contribution in [1.29, 1.82) is 0 Å². The van der Waals surface area contributed by atoms with Crippen molar-refractivity contribution in [1.82, 2.24) is 30.8 Å². The number of ether oxygens (including phenoxy) is 3. The van der Waals surface area contributed by atoms with Crippen LogP contribution in [0.2, 0.25) is 5.02 Å². The van der Waals surface area contributed by atoms with Gasteiger partial charge in [0.15, 0.2) is 0 Å². The van der Waals surface area contributed by atoms with E-state index in [2.05, 4.69) is 36.6 Å². The van der Waals surface area contributed by atoms with Crippen molar-refractivity contribution in [2.75, 3.05) is 69.9 Å². The number of carbonyl (C=O) groups excluding carboxylic acids is 5. The fourth-order valence-electron chi connectivity index (χ4n) is 8.02. The minimum absolute atomic E-state index is 0.0866. The van der Waals surface area contributed by atoms with Crippen LogP contribution < -0.4 is 26.6 Å². The van der Waals surface area contributed by atoms with Gasteiger partial charge in [0.1, 0.15) is 17.7 Å². The maximum absolute atomic E-state index is 14.9. The monoisotopic (exact) mass is 963 g/mol. The topological polar surface area (TPSA) is 215 Å². The first-order chi connectivity index (χ1) is 33.5. The molecular weight excluding hydrogens is 916 g/mol. The van der Waals surface area contributed by atoms with E-state index in [1.54, 1.807) is 66.9 Å². The van der Waals surface area contributed by atoms with Crippen molar-refractivity contribution in [2.45, 2.75) is 38.4 Å². The number of hydrogen-bond donors (Lipinski definition) is 5. The Bertz CT molecular complexity index is 2760. The molecule has 0 radical (unpaired) electrons. The number of rotatable bonds is 21. The van der Waals surface area contributed by atoms with Crippen LogP contribution in [-0.4, -0.2) is 115 Å². The first kappa shape index (κ1) is 48.4. The van der Waals surface area contributed by atoms with Gasteiger partial charge in [0.2, 0.25) is 23.7 Å². The summed E-state index contributed by atoms with van der Waals surface area (Å²) in [4.78, 5) is 77.6. The SMILES string of the molecule is O=C1CCC(N2Cc3c(NC(=O)CCNCCOCCOCCOCCNC(=O)c4ccc(Nc5ncc6c(n5)-c5ccc(Cl)cc5C(c5c(F)cccc5F)=NC6)cc4)cccc3C2=O)C(=O)N1. The predicted molar refractivity (Wildman–Crippen MR) is 251 cm³/mol. The number of fused-ring (bicyclic) bond motifs is 4. The Morgan fingerprint density at radius 3 is 2.30 bits per heavy atom. The number of hydrogen-bond acceptors (Lipinski definition) is 13. The van der Waals surface area contributed by atoms with Gasteiger partial charge in [-0.3, -0.25) is 34.3 Å². The van der Waals surface area contributed by atoms with E-state index < -0.39 is 23.6 Å². The molecule has 8 rings (SSSR count). The number of piperidine rings is 1. The number of aromatic nitrogens is 2. The summed E-state index contributed by atoms with van der Waals surface area (Å²) in [5.74, 6) is -2.86. The average molecular weight is 964 g/mol. The maximum atomic E-state index is 14.9. The molecule has 1 unspecified atom stereocenters. The van der Waals surface area contributed by atoms with Crippen LogP contribution in [0.15, 0.2) is 90.1 Å². The van der Waals surface area contributed by atoms with Crippen LogP contribution in [-0.2, 0) is 41.7 Å². The van der Waals surface area contributed by atoms with Crippen LogP contribution in [0.1, 0.15) is 62.2 Å². The van der Waals surface area contributed by atoms with Gasteiger partial charge in [-0.15, -0.1) is 0 Å². The minimum Gasteiger partial charge on any atom is -0.378 e. The number of halogens is 3. The van der Waals surface area contributed by atoms with Crippen LogP contribution >= 0.6 is 11.6 Å². The Morgan fingerprint density at radius 1 is 0.826 bits per heavy atom. The third kappa shape index (κ3) is 12.0. The zero-order valence-electron chi connectivity index (χ0n) is 37.2. The first-order valence-electron chi connectivity index (χ1n) is 22.3. The van der Waals surface area contributed by atoms with E-state index >= 15 is 0 Å². The van der Waals surface area contributed by atoms with Gasteiger partial charge >= 0.3 is 0 Å². The second-order valence-electron chi connectivity index (χ2n) is 16.1. The zero-order chi connectivity index (χ0) is 48.3. The van der Waals surface area contributed by atoms with E-state index in [1.165, 1.54) is 23.1 Å². The number of nitrogens with zero attached hydrogens (tertiary/aromatic N) is 4. The molecule has 1 atom stereocenters. The molecule has 5 amide bonds. The number of anilines is 3. The van der Waals surface area contributed by atoms with Gasteiger partial charge in [0.25, 0.3) is 11.8 Å². The molecule has 1 aromatic heterocycles. The number of nitrogens with one attached hydrogen (secondary N) is 5. The number of amides is 5. The highest BCUT2D eigenvalue weighted by atomic mass is 35.5. The van der Waals surface area contributed by atoms with Crippen molar-refractivity contribution in [3.8, 4) is 11.3 Å². The first-order valence-corrected chi connectivity index (χ1v) is 22.7. The maximum Gasteiger partial charge on any atom is 0.255 e. The summed E-state index contributed by atoms with van der Waals surface area (Å²) in [7, 11) is 0. The molecule has 0 saturated carbocycles. The molecule has 1 fully saturated rings. The Hall–Kier alpha value is -7.03. The van der Waals surface area contributed by atoms with Crippen LogP contribution in [0.5, 0.6) is 0 Å². The summed E-state index contributed by atoms with van der Waals surface area (Å²) in [6, 6.07) is 19.8. The van der Waals surface area contributed by atoms with Gasteiger partial charge in [0, 0.05) is 95.0 Å². The number of aliphatic imine (C=N–C) groups is 1. The summed E-state index contributed by atoms with van der Waals surface area (Å²) in [6.07, 6.45) is 2.23. The summed E-state index contributed by atoms with van der Waals surface area (Å²) in [5, 5.41) is 14.7. The van der Waals surface area contributed by atoms with E-state index in [-0.39, 0.29) is 79.8 Å². The van der Waals surface area contributed by atoms with Crippen LogP contribution in [0, 0.1) is 11.6 Å². The summed E-state index contributed by atoms with van der Waals surface area (Å²) >= 11 is 6.34. The van der Waals surface area contributed by atoms with Crippen molar-refractivity contribution in [3.05, 3.63) is 135 Å². The lowest BCUT2D eigenvalue weighted by atomic mass is 9.95. The van der Waals surface area contributed by atoms with Gasteiger partial charge < -0.3 is 40.4 Å². The molecular formula is C49H48ClF2N9O8. The third-order valence-electron chi connectivity index (χ3n) is 11.5. The fourth-order valence-corrected chi connectivity index (χ4v) is 8.20. The molecule has 1 saturated heterocycles.